The number of anilines is 2. The molecule has 0 fully saturated rings. The lowest BCUT2D eigenvalue weighted by Gasteiger charge is -2.37. The van der Waals surface area contributed by atoms with Gasteiger partial charge in [-0.2, -0.15) is 0 Å². The molecule has 0 N–H and O–H groups in total. The van der Waals surface area contributed by atoms with Gasteiger partial charge in [0.25, 0.3) is 5.91 Å². The summed E-state index contributed by atoms with van der Waals surface area (Å²) < 4.78 is 0. The minimum absolute atomic E-state index is 0. The van der Waals surface area contributed by atoms with Gasteiger partial charge in [0, 0.05) is 38.1 Å². The third-order valence-corrected chi connectivity index (χ3v) is 5.78. The molecule has 0 radical (unpaired) electrons. The molecule has 1 amide bonds. The van der Waals surface area contributed by atoms with Crippen LogP contribution in [0.25, 0.3) is 0 Å². The van der Waals surface area contributed by atoms with Crippen molar-refractivity contribution in [1.29, 1.82) is 0 Å². The molecular weight excluding hydrogens is 412 g/mol. The van der Waals surface area contributed by atoms with Crippen molar-refractivity contribution in [1.82, 2.24) is 9.97 Å². The number of likely N-dealkylation sites (N-methyl/N-ethyl adjacent to an activating group) is 2. The maximum Gasteiger partial charge on any atom is 0.250 e. The van der Waals surface area contributed by atoms with Gasteiger partial charge >= 0.3 is 0 Å². The number of amides is 1. The van der Waals surface area contributed by atoms with Crippen molar-refractivity contribution in [2.45, 2.75) is 32.7 Å². The summed E-state index contributed by atoms with van der Waals surface area (Å²) in [6.45, 7) is 0. The molecule has 0 saturated heterocycles. The SMILES string of the molecule is C.C#CC[C@H]1C(=O)N(C)c2cnc(CCc3ccc(C(=O)c4ccccc4)cc3)nc2N1C. The van der Waals surface area contributed by atoms with Gasteiger partial charge in [0.1, 0.15) is 17.6 Å². The molecule has 2 heterocycles. The maximum atomic E-state index is 12.6. The van der Waals surface area contributed by atoms with Crippen molar-refractivity contribution in [2.24, 2.45) is 0 Å². The van der Waals surface area contributed by atoms with E-state index in [4.69, 9.17) is 11.4 Å². The number of aryl methyl sites for hydroxylation is 2. The first-order valence-corrected chi connectivity index (χ1v) is 10.5. The number of nitrogens with zero attached hydrogens (tertiary/aromatic N) is 4. The molecule has 2 aromatic carbocycles. The molecule has 0 saturated carbocycles. The summed E-state index contributed by atoms with van der Waals surface area (Å²) in [5.74, 6) is 3.94. The second kappa shape index (κ2) is 10.1. The van der Waals surface area contributed by atoms with Crippen molar-refractivity contribution in [2.75, 3.05) is 23.9 Å². The van der Waals surface area contributed by atoms with Gasteiger partial charge in [-0.25, -0.2) is 9.97 Å². The Labute approximate surface area is 195 Å². The van der Waals surface area contributed by atoms with Crippen LogP contribution < -0.4 is 9.80 Å². The zero-order valence-electron chi connectivity index (χ0n) is 18.2. The van der Waals surface area contributed by atoms with Crippen LogP contribution in [-0.2, 0) is 17.6 Å². The highest BCUT2D eigenvalue weighted by atomic mass is 16.2. The average molecular weight is 441 g/mol. The molecule has 6 heteroatoms. The molecule has 33 heavy (non-hydrogen) atoms. The van der Waals surface area contributed by atoms with E-state index in [9.17, 15) is 9.59 Å². The fourth-order valence-corrected chi connectivity index (χ4v) is 3.84. The summed E-state index contributed by atoms with van der Waals surface area (Å²) in [7, 11) is 3.56. The number of rotatable bonds is 6. The highest BCUT2D eigenvalue weighted by Gasteiger charge is 2.35. The molecule has 3 aromatic rings. The third-order valence-electron chi connectivity index (χ3n) is 5.78. The molecule has 6 nitrogen and oxygen atoms in total. The Morgan fingerprint density at radius 1 is 1.03 bits per heavy atom. The molecular formula is C27H28N4O2. The fraction of sp³-hybridized carbons (Fsp3) is 0.259. The number of carbonyl (C=O) groups excluding carboxylic acids is 2. The zero-order valence-corrected chi connectivity index (χ0v) is 18.2. The first-order chi connectivity index (χ1) is 15.5. The molecule has 0 bridgehead atoms. The monoisotopic (exact) mass is 440 g/mol. The normalized spacial score (nSPS) is 14.8. The van der Waals surface area contributed by atoms with Crippen molar-refractivity contribution in [3.8, 4) is 12.3 Å². The lowest BCUT2D eigenvalue weighted by Crippen LogP contribution is -2.51. The van der Waals surface area contributed by atoms with Crippen molar-refractivity contribution in [3.05, 3.63) is 83.3 Å². The topological polar surface area (TPSA) is 66.4 Å². The third kappa shape index (κ3) is 4.78. The molecule has 168 valence electrons. The van der Waals surface area contributed by atoms with Crippen LogP contribution in [0.15, 0.2) is 60.8 Å². The Balaban J connectivity index is 0.00000306. The smallest absolute Gasteiger partial charge is 0.250 e. The molecule has 0 unspecified atom stereocenters. The Bertz CT molecular complexity index is 1180. The molecule has 1 aliphatic rings. The van der Waals surface area contributed by atoms with E-state index in [1.54, 1.807) is 18.1 Å². The van der Waals surface area contributed by atoms with Gasteiger partial charge in [0.15, 0.2) is 11.6 Å². The Morgan fingerprint density at radius 2 is 1.70 bits per heavy atom. The van der Waals surface area contributed by atoms with Crippen LogP contribution in [0.4, 0.5) is 11.5 Å². The van der Waals surface area contributed by atoms with Crippen molar-refractivity contribution in [3.63, 3.8) is 0 Å². The highest BCUT2D eigenvalue weighted by Crippen LogP contribution is 2.32. The predicted octanol–water partition coefficient (Wildman–Crippen LogP) is 3.93. The van der Waals surface area contributed by atoms with E-state index in [2.05, 4.69) is 10.9 Å². The number of carbonyl (C=O) groups is 2. The average Bonchev–Trinajstić information content (AvgIpc) is 2.84. The second-order valence-electron chi connectivity index (χ2n) is 7.82. The van der Waals surface area contributed by atoms with E-state index in [0.717, 1.165) is 12.0 Å². The molecule has 0 spiro atoms. The van der Waals surface area contributed by atoms with Gasteiger partial charge in [-0.3, -0.25) is 9.59 Å². The standard InChI is InChI=1S/C26H24N4O2.CH4/c1-4-8-21-26(32)30(3)22-17-27-23(28-25(22)29(21)2)16-13-18-11-14-20(15-12-18)24(31)19-9-6-5-7-10-19;/h1,5-7,9-12,14-15,17,21H,8,13,16H2,2-3H3;1H4/t21-;/m0./s1. The molecule has 1 atom stereocenters. The lowest BCUT2D eigenvalue weighted by molar-refractivity contribution is -0.119. The predicted molar refractivity (Wildman–Crippen MR) is 132 cm³/mol. The number of hydrogen-bond acceptors (Lipinski definition) is 5. The van der Waals surface area contributed by atoms with Gasteiger partial charge in [-0.1, -0.05) is 62.0 Å². The highest BCUT2D eigenvalue weighted by molar-refractivity contribution is 6.09. The summed E-state index contributed by atoms with van der Waals surface area (Å²) in [5, 5.41) is 0. The van der Waals surface area contributed by atoms with E-state index in [-0.39, 0.29) is 19.1 Å². The van der Waals surface area contributed by atoms with E-state index < -0.39 is 6.04 Å². The first-order valence-electron chi connectivity index (χ1n) is 10.5. The van der Waals surface area contributed by atoms with Crippen molar-refractivity contribution >= 4 is 23.2 Å². The van der Waals surface area contributed by atoms with Crippen LogP contribution in [0.5, 0.6) is 0 Å². The number of fused-ring (bicyclic) bond motifs is 1. The molecule has 1 aliphatic heterocycles. The first kappa shape index (κ1) is 23.7. The van der Waals surface area contributed by atoms with Crippen molar-refractivity contribution < 1.29 is 9.59 Å². The fourth-order valence-electron chi connectivity index (χ4n) is 3.84. The van der Waals surface area contributed by atoms with Gasteiger partial charge in [-0.05, 0) is 12.0 Å². The van der Waals surface area contributed by atoms with Gasteiger partial charge in [0.05, 0.1) is 6.20 Å². The second-order valence-corrected chi connectivity index (χ2v) is 7.82. The lowest BCUT2D eigenvalue weighted by atomic mass is 10.0. The quantitative estimate of drug-likeness (QED) is 0.429. The summed E-state index contributed by atoms with van der Waals surface area (Å²) in [6, 6.07) is 16.5. The zero-order chi connectivity index (χ0) is 22.7. The van der Waals surface area contributed by atoms with Crippen LogP contribution in [0, 0.1) is 12.3 Å². The van der Waals surface area contributed by atoms with E-state index >= 15 is 0 Å². The number of terminal acetylenes is 1. The van der Waals surface area contributed by atoms with Crippen LogP contribution in [0.1, 0.15) is 41.2 Å². The van der Waals surface area contributed by atoms with E-state index in [1.807, 2.05) is 66.5 Å². The number of aromatic nitrogens is 2. The summed E-state index contributed by atoms with van der Waals surface area (Å²) in [4.78, 5) is 37.7. The van der Waals surface area contributed by atoms with Crippen LogP contribution >= 0.6 is 0 Å². The van der Waals surface area contributed by atoms with E-state index in [1.165, 1.54) is 0 Å². The van der Waals surface area contributed by atoms with Gasteiger partial charge < -0.3 is 9.80 Å². The van der Waals surface area contributed by atoms with E-state index in [0.29, 0.717) is 41.3 Å². The van der Waals surface area contributed by atoms with Gasteiger partial charge in [0.2, 0.25) is 0 Å². The Kier molecular flexibility index (Phi) is 7.24. The Hall–Kier alpha value is -3.98. The summed E-state index contributed by atoms with van der Waals surface area (Å²) in [6.07, 6.45) is 8.86. The van der Waals surface area contributed by atoms with Crippen LogP contribution in [0.2, 0.25) is 0 Å². The molecule has 4 rings (SSSR count). The maximum absolute atomic E-state index is 12.6. The van der Waals surface area contributed by atoms with Gasteiger partial charge in [-0.15, -0.1) is 12.3 Å². The minimum Gasteiger partial charge on any atom is -0.345 e. The molecule has 0 aliphatic carbocycles. The number of hydrogen-bond donors (Lipinski definition) is 0. The van der Waals surface area contributed by atoms with Crippen LogP contribution in [0.3, 0.4) is 0 Å². The largest absolute Gasteiger partial charge is 0.345 e. The number of ketones is 1. The summed E-state index contributed by atoms with van der Waals surface area (Å²) >= 11 is 0. The molecule has 1 aromatic heterocycles. The summed E-state index contributed by atoms with van der Waals surface area (Å²) in [5.41, 5.74) is 3.12. The number of benzene rings is 2. The van der Waals surface area contributed by atoms with Crippen LogP contribution in [-0.4, -0.2) is 41.8 Å². The minimum atomic E-state index is -0.421. The Morgan fingerprint density at radius 3 is 2.36 bits per heavy atom.